The zero-order valence-corrected chi connectivity index (χ0v) is 9.42. The summed E-state index contributed by atoms with van der Waals surface area (Å²) in [5.74, 6) is -0.292. The lowest BCUT2D eigenvalue weighted by Gasteiger charge is -2.15. The average molecular weight is 198 g/mol. The molecule has 14 heavy (non-hydrogen) atoms. The molecule has 0 saturated heterocycles. The van der Waals surface area contributed by atoms with E-state index >= 15 is 0 Å². The van der Waals surface area contributed by atoms with Crippen LogP contribution in [0, 0.1) is 0 Å². The minimum absolute atomic E-state index is 0.0945. The van der Waals surface area contributed by atoms with Crippen LogP contribution in [-0.4, -0.2) is 12.1 Å². The molecular weight excluding hydrogens is 176 g/mol. The van der Waals surface area contributed by atoms with Gasteiger partial charge >= 0.3 is 5.97 Å². The van der Waals surface area contributed by atoms with E-state index in [0.29, 0.717) is 0 Å². The number of hydrogen-bond acceptors (Lipinski definition) is 2. The van der Waals surface area contributed by atoms with Crippen molar-refractivity contribution in [1.29, 1.82) is 0 Å². The number of carbonyl (C=O) groups excluding carboxylic acids is 1. The Kier molecular flexibility index (Phi) is 8.30. The summed E-state index contributed by atoms with van der Waals surface area (Å²) < 4.78 is 5.23. The van der Waals surface area contributed by atoms with Gasteiger partial charge in [-0.05, 0) is 19.3 Å². The van der Waals surface area contributed by atoms with Gasteiger partial charge < -0.3 is 4.74 Å². The summed E-state index contributed by atoms with van der Waals surface area (Å²) in [6.07, 6.45) is 7.90. The minimum atomic E-state index is -0.292. The van der Waals surface area contributed by atoms with Gasteiger partial charge in [-0.15, -0.1) is 0 Å². The molecule has 0 fully saturated rings. The normalized spacial score (nSPS) is 12.1. The number of esters is 1. The highest BCUT2D eigenvalue weighted by molar-refractivity contribution is 5.81. The van der Waals surface area contributed by atoms with Crippen molar-refractivity contribution in [3.8, 4) is 0 Å². The molecule has 0 aromatic carbocycles. The predicted octanol–water partition coefficient (Wildman–Crippen LogP) is 3.46. The fourth-order valence-corrected chi connectivity index (χ4v) is 1.42. The van der Waals surface area contributed by atoms with Gasteiger partial charge in [-0.3, -0.25) is 0 Å². The average Bonchev–Trinajstić information content (AvgIpc) is 2.18. The van der Waals surface area contributed by atoms with Crippen molar-refractivity contribution in [3.05, 3.63) is 12.7 Å². The molecule has 0 aromatic rings. The molecule has 1 unspecified atom stereocenters. The van der Waals surface area contributed by atoms with Crippen LogP contribution in [0.5, 0.6) is 0 Å². The van der Waals surface area contributed by atoms with E-state index in [2.05, 4.69) is 20.4 Å². The summed E-state index contributed by atoms with van der Waals surface area (Å²) in [5.41, 5.74) is 0. The van der Waals surface area contributed by atoms with Crippen molar-refractivity contribution in [2.24, 2.45) is 0 Å². The zero-order valence-electron chi connectivity index (χ0n) is 9.42. The Morgan fingerprint density at radius 1 is 1.29 bits per heavy atom. The molecule has 0 spiro atoms. The molecule has 0 bridgehead atoms. The Hall–Kier alpha value is -0.790. The van der Waals surface area contributed by atoms with Gasteiger partial charge in [-0.25, -0.2) is 4.79 Å². The quantitative estimate of drug-likeness (QED) is 0.339. The third kappa shape index (κ3) is 6.70. The Morgan fingerprint density at radius 3 is 2.50 bits per heavy atom. The number of rotatable bonds is 8. The number of hydrogen-bond donors (Lipinski definition) is 0. The van der Waals surface area contributed by atoms with Crippen molar-refractivity contribution in [2.75, 3.05) is 0 Å². The SMILES string of the molecule is C=CC(=O)OC(CCC)CCCCC. The molecule has 0 aliphatic carbocycles. The summed E-state index contributed by atoms with van der Waals surface area (Å²) in [7, 11) is 0. The van der Waals surface area contributed by atoms with Gasteiger partial charge in [0, 0.05) is 6.08 Å². The van der Waals surface area contributed by atoms with Gasteiger partial charge in [-0.2, -0.15) is 0 Å². The van der Waals surface area contributed by atoms with E-state index in [4.69, 9.17) is 4.74 Å². The van der Waals surface area contributed by atoms with Crippen LogP contribution in [0.1, 0.15) is 52.4 Å². The van der Waals surface area contributed by atoms with E-state index in [9.17, 15) is 4.79 Å². The van der Waals surface area contributed by atoms with Gasteiger partial charge in [-0.1, -0.05) is 39.7 Å². The van der Waals surface area contributed by atoms with Crippen LogP contribution in [0.25, 0.3) is 0 Å². The van der Waals surface area contributed by atoms with E-state index in [1.165, 1.54) is 18.9 Å². The second kappa shape index (κ2) is 8.79. The molecule has 0 saturated carbocycles. The number of unbranched alkanes of at least 4 members (excludes halogenated alkanes) is 2. The highest BCUT2D eigenvalue weighted by Gasteiger charge is 2.10. The smallest absolute Gasteiger partial charge is 0.330 e. The topological polar surface area (TPSA) is 26.3 Å². The summed E-state index contributed by atoms with van der Waals surface area (Å²) in [6, 6.07) is 0. The zero-order chi connectivity index (χ0) is 10.8. The second-order valence-corrected chi connectivity index (χ2v) is 3.55. The molecular formula is C12H22O2. The van der Waals surface area contributed by atoms with E-state index in [1.54, 1.807) is 0 Å². The van der Waals surface area contributed by atoms with Crippen LogP contribution in [-0.2, 0) is 9.53 Å². The van der Waals surface area contributed by atoms with Gasteiger partial charge in [0.2, 0.25) is 0 Å². The summed E-state index contributed by atoms with van der Waals surface area (Å²) >= 11 is 0. The molecule has 2 heteroatoms. The number of carbonyl (C=O) groups is 1. The van der Waals surface area contributed by atoms with Crippen molar-refractivity contribution < 1.29 is 9.53 Å². The Bertz CT molecular complexity index is 164. The third-order valence-electron chi connectivity index (χ3n) is 2.19. The number of ether oxygens (including phenoxy) is 1. The summed E-state index contributed by atoms with van der Waals surface area (Å²) in [5, 5.41) is 0. The first-order valence-corrected chi connectivity index (χ1v) is 5.57. The van der Waals surface area contributed by atoms with Gasteiger partial charge in [0.05, 0.1) is 0 Å². The standard InChI is InChI=1S/C12H22O2/c1-4-7-8-10-11(9-5-2)14-12(13)6-3/h6,11H,3-5,7-10H2,1-2H3. The molecule has 82 valence electrons. The maximum absolute atomic E-state index is 11.0. The maximum Gasteiger partial charge on any atom is 0.330 e. The molecule has 0 heterocycles. The van der Waals surface area contributed by atoms with Crippen LogP contribution in [0.4, 0.5) is 0 Å². The monoisotopic (exact) mass is 198 g/mol. The van der Waals surface area contributed by atoms with E-state index in [1.807, 2.05) is 0 Å². The van der Waals surface area contributed by atoms with Crippen LogP contribution >= 0.6 is 0 Å². The first-order chi connectivity index (χ1) is 6.74. The minimum Gasteiger partial charge on any atom is -0.459 e. The first kappa shape index (κ1) is 13.2. The Balaban J connectivity index is 3.76. The fraction of sp³-hybridized carbons (Fsp3) is 0.750. The molecule has 2 nitrogen and oxygen atoms in total. The Morgan fingerprint density at radius 2 is 2.00 bits per heavy atom. The van der Waals surface area contributed by atoms with Gasteiger partial charge in [0.1, 0.15) is 6.10 Å². The van der Waals surface area contributed by atoms with E-state index in [0.717, 1.165) is 25.7 Å². The molecule has 0 rings (SSSR count). The molecule has 0 amide bonds. The van der Waals surface area contributed by atoms with Crippen molar-refractivity contribution in [1.82, 2.24) is 0 Å². The third-order valence-corrected chi connectivity index (χ3v) is 2.19. The highest BCUT2D eigenvalue weighted by Crippen LogP contribution is 2.12. The predicted molar refractivity (Wildman–Crippen MR) is 59.1 cm³/mol. The van der Waals surface area contributed by atoms with Crippen molar-refractivity contribution in [2.45, 2.75) is 58.5 Å². The van der Waals surface area contributed by atoms with E-state index in [-0.39, 0.29) is 12.1 Å². The fourth-order valence-electron chi connectivity index (χ4n) is 1.42. The molecule has 0 aliphatic rings. The van der Waals surface area contributed by atoms with Gasteiger partial charge in [0.25, 0.3) is 0 Å². The van der Waals surface area contributed by atoms with Crippen LogP contribution in [0.2, 0.25) is 0 Å². The Labute approximate surface area is 87.3 Å². The largest absolute Gasteiger partial charge is 0.459 e. The lowest BCUT2D eigenvalue weighted by molar-refractivity contribution is -0.143. The molecule has 1 atom stereocenters. The lowest BCUT2D eigenvalue weighted by Crippen LogP contribution is -2.16. The van der Waals surface area contributed by atoms with Gasteiger partial charge in [0.15, 0.2) is 0 Å². The molecule has 0 aromatic heterocycles. The second-order valence-electron chi connectivity index (χ2n) is 3.55. The summed E-state index contributed by atoms with van der Waals surface area (Å²) in [4.78, 5) is 11.0. The van der Waals surface area contributed by atoms with Crippen LogP contribution in [0.15, 0.2) is 12.7 Å². The molecule has 0 aliphatic heterocycles. The molecule has 0 radical (unpaired) electrons. The van der Waals surface area contributed by atoms with Crippen molar-refractivity contribution >= 4 is 5.97 Å². The molecule has 0 N–H and O–H groups in total. The lowest BCUT2D eigenvalue weighted by atomic mass is 10.1. The van der Waals surface area contributed by atoms with Crippen molar-refractivity contribution in [3.63, 3.8) is 0 Å². The first-order valence-electron chi connectivity index (χ1n) is 5.57. The maximum atomic E-state index is 11.0. The van der Waals surface area contributed by atoms with Crippen LogP contribution < -0.4 is 0 Å². The summed E-state index contributed by atoms with van der Waals surface area (Å²) in [6.45, 7) is 7.67. The highest BCUT2D eigenvalue weighted by atomic mass is 16.5. The van der Waals surface area contributed by atoms with E-state index < -0.39 is 0 Å². The van der Waals surface area contributed by atoms with Crippen LogP contribution in [0.3, 0.4) is 0 Å².